The van der Waals surface area contributed by atoms with E-state index in [-0.39, 0.29) is 0 Å². The molecule has 0 N–H and O–H groups in total. The highest BCUT2D eigenvalue weighted by molar-refractivity contribution is 5.18. The summed E-state index contributed by atoms with van der Waals surface area (Å²) in [6, 6.07) is 11.4. The Balaban J connectivity index is 2.04. The predicted molar refractivity (Wildman–Crippen MR) is 69.4 cm³/mol. The standard InChI is InChI=1S/C15H23N/c1-4-14-11-16(10-12(14)2)13(3)15-8-6-5-7-9-15/h5-9,12-14H,4,10-11H2,1-3H3/t12?,13-,14?/m1/s1. The summed E-state index contributed by atoms with van der Waals surface area (Å²) >= 11 is 0. The van der Waals surface area contributed by atoms with Gasteiger partial charge in [-0.2, -0.15) is 0 Å². The minimum absolute atomic E-state index is 0.570. The predicted octanol–water partition coefficient (Wildman–Crippen LogP) is 3.73. The normalized spacial score (nSPS) is 28.2. The van der Waals surface area contributed by atoms with Crippen molar-refractivity contribution in [2.45, 2.75) is 33.2 Å². The van der Waals surface area contributed by atoms with Crippen LogP contribution in [0.15, 0.2) is 30.3 Å². The summed E-state index contributed by atoms with van der Waals surface area (Å²) in [6.45, 7) is 9.58. The quantitative estimate of drug-likeness (QED) is 0.745. The molecule has 1 aromatic carbocycles. The summed E-state index contributed by atoms with van der Waals surface area (Å²) in [5, 5.41) is 0. The monoisotopic (exact) mass is 217 g/mol. The highest BCUT2D eigenvalue weighted by atomic mass is 15.2. The van der Waals surface area contributed by atoms with Crippen LogP contribution in [0.2, 0.25) is 0 Å². The molecule has 88 valence electrons. The molecule has 1 saturated heterocycles. The number of hydrogen-bond acceptors (Lipinski definition) is 1. The van der Waals surface area contributed by atoms with Gasteiger partial charge in [0.25, 0.3) is 0 Å². The molecule has 0 amide bonds. The highest BCUT2D eigenvalue weighted by Gasteiger charge is 2.31. The van der Waals surface area contributed by atoms with Crippen molar-refractivity contribution in [1.29, 1.82) is 0 Å². The first-order chi connectivity index (χ1) is 7.72. The van der Waals surface area contributed by atoms with E-state index in [0.29, 0.717) is 6.04 Å². The molecule has 1 nitrogen and oxygen atoms in total. The zero-order valence-electron chi connectivity index (χ0n) is 10.7. The summed E-state index contributed by atoms with van der Waals surface area (Å²) in [6.07, 6.45) is 1.32. The van der Waals surface area contributed by atoms with Gasteiger partial charge in [-0.05, 0) is 24.3 Å². The van der Waals surface area contributed by atoms with Crippen LogP contribution in [-0.4, -0.2) is 18.0 Å². The Bertz CT molecular complexity index is 319. The number of nitrogens with zero attached hydrogens (tertiary/aromatic N) is 1. The van der Waals surface area contributed by atoms with E-state index in [1.54, 1.807) is 0 Å². The lowest BCUT2D eigenvalue weighted by Gasteiger charge is -2.24. The second kappa shape index (κ2) is 5.01. The largest absolute Gasteiger partial charge is 0.296 e. The maximum atomic E-state index is 2.63. The van der Waals surface area contributed by atoms with E-state index < -0.39 is 0 Å². The minimum atomic E-state index is 0.570. The van der Waals surface area contributed by atoms with E-state index in [2.05, 4.69) is 56.0 Å². The lowest BCUT2D eigenvalue weighted by atomic mass is 9.96. The second-order valence-corrected chi connectivity index (χ2v) is 5.19. The third kappa shape index (κ3) is 2.30. The van der Waals surface area contributed by atoms with Gasteiger partial charge in [0.15, 0.2) is 0 Å². The second-order valence-electron chi connectivity index (χ2n) is 5.19. The first-order valence-electron chi connectivity index (χ1n) is 6.51. The molecule has 1 aliphatic rings. The van der Waals surface area contributed by atoms with E-state index in [1.807, 2.05) is 0 Å². The van der Waals surface area contributed by atoms with Crippen LogP contribution in [0.1, 0.15) is 38.8 Å². The van der Waals surface area contributed by atoms with E-state index in [0.717, 1.165) is 11.8 Å². The van der Waals surface area contributed by atoms with Crippen LogP contribution in [0.4, 0.5) is 0 Å². The van der Waals surface area contributed by atoms with Crippen molar-refractivity contribution in [3.63, 3.8) is 0 Å². The van der Waals surface area contributed by atoms with Crippen LogP contribution in [-0.2, 0) is 0 Å². The molecule has 0 radical (unpaired) electrons. The topological polar surface area (TPSA) is 3.24 Å². The van der Waals surface area contributed by atoms with Crippen molar-refractivity contribution >= 4 is 0 Å². The maximum Gasteiger partial charge on any atom is 0.0320 e. The molecular weight excluding hydrogens is 194 g/mol. The molecule has 0 spiro atoms. The fourth-order valence-corrected chi connectivity index (χ4v) is 2.86. The Labute approximate surface area is 99.5 Å². The van der Waals surface area contributed by atoms with Crippen molar-refractivity contribution < 1.29 is 0 Å². The van der Waals surface area contributed by atoms with E-state index in [9.17, 15) is 0 Å². The highest BCUT2D eigenvalue weighted by Crippen LogP contribution is 2.32. The minimum Gasteiger partial charge on any atom is -0.296 e. The van der Waals surface area contributed by atoms with Crippen molar-refractivity contribution in [3.05, 3.63) is 35.9 Å². The smallest absolute Gasteiger partial charge is 0.0320 e. The number of rotatable bonds is 3. The molecule has 0 saturated carbocycles. The molecule has 1 aliphatic heterocycles. The molecule has 0 bridgehead atoms. The van der Waals surface area contributed by atoms with Crippen LogP contribution in [0.5, 0.6) is 0 Å². The first-order valence-corrected chi connectivity index (χ1v) is 6.51. The van der Waals surface area contributed by atoms with E-state index in [1.165, 1.54) is 25.1 Å². The lowest BCUT2D eigenvalue weighted by Crippen LogP contribution is -2.24. The summed E-state index contributed by atoms with van der Waals surface area (Å²) in [4.78, 5) is 2.63. The summed E-state index contributed by atoms with van der Waals surface area (Å²) in [5.41, 5.74) is 1.45. The molecule has 2 unspecified atom stereocenters. The molecule has 16 heavy (non-hydrogen) atoms. The Hall–Kier alpha value is -0.820. The molecule has 1 heteroatoms. The van der Waals surface area contributed by atoms with Gasteiger partial charge in [0.1, 0.15) is 0 Å². The van der Waals surface area contributed by atoms with Gasteiger partial charge in [0.05, 0.1) is 0 Å². The van der Waals surface area contributed by atoms with Gasteiger partial charge in [-0.25, -0.2) is 0 Å². The van der Waals surface area contributed by atoms with Crippen LogP contribution in [0.3, 0.4) is 0 Å². The van der Waals surface area contributed by atoms with Gasteiger partial charge in [0.2, 0.25) is 0 Å². The van der Waals surface area contributed by atoms with Gasteiger partial charge in [0, 0.05) is 19.1 Å². The number of benzene rings is 1. The average molecular weight is 217 g/mol. The fourth-order valence-electron chi connectivity index (χ4n) is 2.86. The van der Waals surface area contributed by atoms with Crippen molar-refractivity contribution in [2.75, 3.05) is 13.1 Å². The molecule has 1 fully saturated rings. The molecule has 0 aromatic heterocycles. The van der Waals surface area contributed by atoms with Crippen molar-refractivity contribution in [2.24, 2.45) is 11.8 Å². The van der Waals surface area contributed by atoms with Gasteiger partial charge >= 0.3 is 0 Å². The van der Waals surface area contributed by atoms with Crippen LogP contribution < -0.4 is 0 Å². The molecular formula is C15H23N. The van der Waals surface area contributed by atoms with Crippen molar-refractivity contribution in [1.82, 2.24) is 4.90 Å². The maximum absolute atomic E-state index is 2.63. The van der Waals surface area contributed by atoms with Gasteiger partial charge in [-0.1, -0.05) is 50.6 Å². The van der Waals surface area contributed by atoms with Crippen LogP contribution in [0.25, 0.3) is 0 Å². The zero-order chi connectivity index (χ0) is 11.5. The Morgan fingerprint density at radius 2 is 1.94 bits per heavy atom. The van der Waals surface area contributed by atoms with Crippen LogP contribution in [0, 0.1) is 11.8 Å². The number of hydrogen-bond donors (Lipinski definition) is 0. The molecule has 0 aliphatic carbocycles. The van der Waals surface area contributed by atoms with Crippen molar-refractivity contribution in [3.8, 4) is 0 Å². The van der Waals surface area contributed by atoms with Gasteiger partial charge in [-0.15, -0.1) is 0 Å². The summed E-state index contributed by atoms with van der Waals surface area (Å²) < 4.78 is 0. The molecule has 2 rings (SSSR count). The first kappa shape index (κ1) is 11.7. The van der Waals surface area contributed by atoms with Gasteiger partial charge in [-0.3, -0.25) is 4.90 Å². The summed E-state index contributed by atoms with van der Waals surface area (Å²) in [5.74, 6) is 1.75. The number of likely N-dealkylation sites (tertiary alicyclic amines) is 1. The SMILES string of the molecule is CCC1CN([C@H](C)c2ccccc2)CC1C. The third-order valence-corrected chi connectivity index (χ3v) is 4.15. The van der Waals surface area contributed by atoms with Crippen LogP contribution >= 0.6 is 0 Å². The van der Waals surface area contributed by atoms with E-state index in [4.69, 9.17) is 0 Å². The zero-order valence-corrected chi connectivity index (χ0v) is 10.7. The Morgan fingerprint density at radius 1 is 1.25 bits per heavy atom. The third-order valence-electron chi connectivity index (χ3n) is 4.15. The fraction of sp³-hybridized carbons (Fsp3) is 0.600. The Morgan fingerprint density at radius 3 is 2.50 bits per heavy atom. The Kier molecular flexibility index (Phi) is 3.65. The lowest BCUT2D eigenvalue weighted by molar-refractivity contribution is 0.249. The average Bonchev–Trinajstić information content (AvgIpc) is 2.71. The molecule has 3 atom stereocenters. The van der Waals surface area contributed by atoms with E-state index >= 15 is 0 Å². The summed E-state index contributed by atoms with van der Waals surface area (Å²) in [7, 11) is 0. The van der Waals surface area contributed by atoms with Gasteiger partial charge < -0.3 is 0 Å². The molecule has 1 aromatic rings. The molecule has 1 heterocycles.